The van der Waals surface area contributed by atoms with Crippen LogP contribution in [0.5, 0.6) is 5.75 Å². The molecule has 0 aliphatic carbocycles. The van der Waals surface area contributed by atoms with Gasteiger partial charge in [0.25, 0.3) is 5.91 Å². The first-order valence-corrected chi connectivity index (χ1v) is 8.64. The van der Waals surface area contributed by atoms with Crippen LogP contribution in [-0.4, -0.2) is 25.5 Å². The molecule has 0 fully saturated rings. The predicted molar refractivity (Wildman–Crippen MR) is 95.1 cm³/mol. The molecule has 1 aromatic carbocycles. The third kappa shape index (κ3) is 4.72. The maximum absolute atomic E-state index is 12.1. The number of halogens is 1. The predicted octanol–water partition coefficient (Wildman–Crippen LogP) is 3.27. The molecule has 0 bridgehead atoms. The Balaban J connectivity index is 1.51. The van der Waals surface area contributed by atoms with Gasteiger partial charge in [0.15, 0.2) is 5.76 Å². The van der Waals surface area contributed by atoms with E-state index in [4.69, 9.17) is 9.15 Å². The van der Waals surface area contributed by atoms with Crippen molar-refractivity contribution in [2.45, 2.75) is 13.0 Å². The minimum Gasteiger partial charge on any atom is -0.486 e. The first-order chi connectivity index (χ1) is 11.7. The Morgan fingerprint density at radius 2 is 2.25 bits per heavy atom. The van der Waals surface area contributed by atoms with Gasteiger partial charge in [0.1, 0.15) is 18.1 Å². The van der Waals surface area contributed by atoms with Crippen LogP contribution in [0.4, 0.5) is 0 Å². The molecule has 1 aliphatic rings. The standard InChI is InChI=1S/C18H19BrN2O3/c19-14-2-1-3-15(10-14)23-12-16-4-5-17(24-16)18(22)21-11-13-6-8-20-9-7-13/h1-6,10,20H,7-9,11-12H2,(H,21,22). The molecule has 1 aliphatic heterocycles. The van der Waals surface area contributed by atoms with Crippen molar-refractivity contribution in [2.24, 2.45) is 0 Å². The molecule has 0 unspecified atom stereocenters. The van der Waals surface area contributed by atoms with E-state index in [2.05, 4.69) is 32.6 Å². The Hall–Kier alpha value is -2.05. The molecule has 6 heteroatoms. The van der Waals surface area contributed by atoms with E-state index in [9.17, 15) is 4.79 Å². The topological polar surface area (TPSA) is 63.5 Å². The summed E-state index contributed by atoms with van der Waals surface area (Å²) in [5.41, 5.74) is 1.24. The fourth-order valence-corrected chi connectivity index (χ4v) is 2.78. The van der Waals surface area contributed by atoms with Crippen LogP contribution < -0.4 is 15.4 Å². The van der Waals surface area contributed by atoms with Gasteiger partial charge in [-0.15, -0.1) is 0 Å². The summed E-state index contributed by atoms with van der Waals surface area (Å²) >= 11 is 3.40. The number of carbonyl (C=O) groups excluding carboxylic acids is 1. The summed E-state index contributed by atoms with van der Waals surface area (Å²) in [5.74, 6) is 1.45. The van der Waals surface area contributed by atoms with Gasteiger partial charge in [-0.25, -0.2) is 0 Å². The van der Waals surface area contributed by atoms with E-state index < -0.39 is 0 Å². The molecule has 2 heterocycles. The molecule has 1 aromatic heterocycles. The second-order valence-corrected chi connectivity index (χ2v) is 6.43. The maximum Gasteiger partial charge on any atom is 0.287 e. The highest BCUT2D eigenvalue weighted by atomic mass is 79.9. The number of ether oxygens (including phenoxy) is 1. The molecular formula is C18H19BrN2O3. The van der Waals surface area contributed by atoms with Crippen LogP contribution >= 0.6 is 15.9 Å². The first-order valence-electron chi connectivity index (χ1n) is 7.84. The van der Waals surface area contributed by atoms with Crippen molar-refractivity contribution < 1.29 is 13.9 Å². The van der Waals surface area contributed by atoms with Gasteiger partial charge in [0.05, 0.1) is 0 Å². The second-order valence-electron chi connectivity index (χ2n) is 5.51. The fraction of sp³-hybridized carbons (Fsp3) is 0.278. The molecule has 0 atom stereocenters. The number of furan rings is 1. The molecule has 126 valence electrons. The zero-order valence-corrected chi connectivity index (χ0v) is 14.8. The third-order valence-corrected chi connectivity index (χ3v) is 4.19. The summed E-state index contributed by atoms with van der Waals surface area (Å²) in [6.07, 6.45) is 3.08. The summed E-state index contributed by atoms with van der Waals surface area (Å²) in [4.78, 5) is 12.1. The largest absolute Gasteiger partial charge is 0.486 e. The monoisotopic (exact) mass is 390 g/mol. The highest BCUT2D eigenvalue weighted by Gasteiger charge is 2.12. The highest BCUT2D eigenvalue weighted by Crippen LogP contribution is 2.19. The maximum atomic E-state index is 12.1. The molecule has 2 aromatic rings. The highest BCUT2D eigenvalue weighted by molar-refractivity contribution is 9.10. The lowest BCUT2D eigenvalue weighted by Gasteiger charge is -2.14. The summed E-state index contributed by atoms with van der Waals surface area (Å²) in [7, 11) is 0. The Morgan fingerprint density at radius 1 is 1.33 bits per heavy atom. The lowest BCUT2D eigenvalue weighted by Crippen LogP contribution is -2.29. The summed E-state index contributed by atoms with van der Waals surface area (Å²) in [6.45, 7) is 2.66. The molecule has 1 amide bonds. The van der Waals surface area contributed by atoms with Gasteiger partial charge in [0.2, 0.25) is 0 Å². The van der Waals surface area contributed by atoms with Crippen LogP contribution in [0.25, 0.3) is 0 Å². The van der Waals surface area contributed by atoms with Crippen molar-refractivity contribution in [3.8, 4) is 5.75 Å². The number of hydrogen-bond donors (Lipinski definition) is 2. The lowest BCUT2D eigenvalue weighted by molar-refractivity contribution is 0.0925. The Morgan fingerprint density at radius 3 is 3.04 bits per heavy atom. The quantitative estimate of drug-likeness (QED) is 0.742. The van der Waals surface area contributed by atoms with Gasteiger partial charge in [-0.05, 0) is 43.3 Å². The fourth-order valence-electron chi connectivity index (χ4n) is 2.40. The molecule has 2 N–H and O–H groups in total. The van der Waals surface area contributed by atoms with Crippen LogP contribution in [0, 0.1) is 0 Å². The van der Waals surface area contributed by atoms with Crippen molar-refractivity contribution in [1.82, 2.24) is 10.6 Å². The van der Waals surface area contributed by atoms with E-state index in [1.807, 2.05) is 24.3 Å². The van der Waals surface area contributed by atoms with Crippen LogP contribution in [0.3, 0.4) is 0 Å². The Labute approximate surface area is 149 Å². The van der Waals surface area contributed by atoms with Gasteiger partial charge in [-0.2, -0.15) is 0 Å². The summed E-state index contributed by atoms with van der Waals surface area (Å²) in [6, 6.07) is 11.0. The van der Waals surface area contributed by atoms with Gasteiger partial charge in [-0.1, -0.05) is 33.6 Å². The SMILES string of the molecule is O=C(NCC1=CCNCC1)c1ccc(COc2cccc(Br)c2)o1. The van der Waals surface area contributed by atoms with Crippen molar-refractivity contribution in [3.63, 3.8) is 0 Å². The van der Waals surface area contributed by atoms with E-state index in [-0.39, 0.29) is 12.5 Å². The van der Waals surface area contributed by atoms with Crippen LogP contribution in [0.2, 0.25) is 0 Å². The van der Waals surface area contributed by atoms with E-state index in [0.717, 1.165) is 29.7 Å². The van der Waals surface area contributed by atoms with Crippen molar-refractivity contribution in [1.29, 1.82) is 0 Å². The van der Waals surface area contributed by atoms with Gasteiger partial charge in [-0.3, -0.25) is 4.79 Å². The van der Waals surface area contributed by atoms with Gasteiger partial charge < -0.3 is 19.8 Å². The van der Waals surface area contributed by atoms with E-state index in [1.165, 1.54) is 5.57 Å². The number of nitrogens with one attached hydrogen (secondary N) is 2. The number of carbonyl (C=O) groups is 1. The molecule has 24 heavy (non-hydrogen) atoms. The van der Waals surface area contributed by atoms with E-state index >= 15 is 0 Å². The minimum absolute atomic E-state index is 0.205. The third-order valence-electron chi connectivity index (χ3n) is 3.70. The molecular weight excluding hydrogens is 372 g/mol. The van der Waals surface area contributed by atoms with Crippen LogP contribution in [-0.2, 0) is 6.61 Å². The van der Waals surface area contributed by atoms with Crippen molar-refractivity contribution >= 4 is 21.8 Å². The number of rotatable bonds is 6. The number of amides is 1. The second kappa shape index (κ2) is 8.17. The number of benzene rings is 1. The Bertz CT molecular complexity index is 739. The van der Waals surface area contributed by atoms with Gasteiger partial charge in [0, 0.05) is 17.6 Å². The van der Waals surface area contributed by atoms with Gasteiger partial charge >= 0.3 is 0 Å². The summed E-state index contributed by atoms with van der Waals surface area (Å²) < 4.78 is 12.2. The zero-order valence-electron chi connectivity index (χ0n) is 13.2. The normalized spacial score (nSPS) is 14.1. The van der Waals surface area contributed by atoms with Crippen LogP contribution in [0.1, 0.15) is 22.7 Å². The lowest BCUT2D eigenvalue weighted by atomic mass is 10.1. The molecule has 3 rings (SSSR count). The zero-order chi connectivity index (χ0) is 16.8. The molecule has 0 radical (unpaired) electrons. The van der Waals surface area contributed by atoms with E-state index in [0.29, 0.717) is 18.1 Å². The Kier molecular flexibility index (Phi) is 5.72. The summed E-state index contributed by atoms with van der Waals surface area (Å²) in [5, 5.41) is 6.13. The average molecular weight is 391 g/mol. The van der Waals surface area contributed by atoms with Crippen LogP contribution in [0.15, 0.2) is 56.9 Å². The smallest absolute Gasteiger partial charge is 0.287 e. The molecule has 0 saturated carbocycles. The molecule has 5 nitrogen and oxygen atoms in total. The van der Waals surface area contributed by atoms with E-state index in [1.54, 1.807) is 12.1 Å². The molecule has 0 saturated heterocycles. The number of hydrogen-bond acceptors (Lipinski definition) is 4. The van der Waals surface area contributed by atoms with Crippen molar-refractivity contribution in [2.75, 3.05) is 19.6 Å². The minimum atomic E-state index is -0.205. The first kappa shape index (κ1) is 16.8. The molecule has 0 spiro atoms. The average Bonchev–Trinajstić information content (AvgIpc) is 3.08. The van der Waals surface area contributed by atoms with Crippen molar-refractivity contribution in [3.05, 3.63) is 64.0 Å².